The number of nitrogens with zero attached hydrogens (tertiary/aromatic N) is 1. The summed E-state index contributed by atoms with van der Waals surface area (Å²) in [5.41, 5.74) is 3.32. The fraction of sp³-hybridized carbons (Fsp3) is 0.467. The van der Waals surface area contributed by atoms with E-state index in [9.17, 15) is 4.79 Å². The maximum Gasteiger partial charge on any atom is 0.242 e. The first-order valence-electron chi connectivity index (χ1n) is 7.04. The summed E-state index contributed by atoms with van der Waals surface area (Å²) in [4.78, 5) is 12.0. The molecule has 0 atom stereocenters. The summed E-state index contributed by atoms with van der Waals surface area (Å²) in [5, 5.41) is 4.62. The lowest BCUT2D eigenvalue weighted by Crippen LogP contribution is -2.26. The van der Waals surface area contributed by atoms with Crippen molar-refractivity contribution < 1.29 is 9.53 Å². The van der Waals surface area contributed by atoms with Gasteiger partial charge in [0.15, 0.2) is 0 Å². The van der Waals surface area contributed by atoms with Crippen LogP contribution in [-0.4, -0.2) is 34.3 Å². The number of rotatable bonds is 6. The number of amides is 1. The second-order valence-electron chi connectivity index (χ2n) is 4.92. The van der Waals surface area contributed by atoms with Gasteiger partial charge in [0.1, 0.15) is 5.75 Å². The van der Waals surface area contributed by atoms with Crippen LogP contribution in [0.2, 0.25) is 5.02 Å². The molecule has 22 heavy (non-hydrogen) atoms. The Hall–Kier alpha value is -0.850. The molecular weight excluding hydrogens is 340 g/mol. The lowest BCUT2D eigenvalue weighted by Gasteiger charge is -2.19. The molecule has 0 aliphatic carbocycles. The second-order valence-corrected chi connectivity index (χ2v) is 8.81. The number of carbonyl (C=O) groups is 1. The largest absolute Gasteiger partial charge is 0.493 e. The lowest BCUT2D eigenvalue weighted by molar-refractivity contribution is -0.121. The number of hydrogen-bond acceptors (Lipinski definition) is 5. The molecule has 0 saturated carbocycles. The molecule has 0 spiro atoms. The van der Waals surface area contributed by atoms with Gasteiger partial charge < -0.3 is 4.74 Å². The third-order valence-electron chi connectivity index (χ3n) is 3.04. The van der Waals surface area contributed by atoms with Crippen molar-refractivity contribution in [2.24, 2.45) is 5.10 Å². The highest BCUT2D eigenvalue weighted by Gasteiger charge is 2.32. The van der Waals surface area contributed by atoms with E-state index in [1.54, 1.807) is 24.4 Å². The van der Waals surface area contributed by atoms with Crippen molar-refractivity contribution >= 4 is 47.2 Å². The summed E-state index contributed by atoms with van der Waals surface area (Å²) < 4.78 is 5.47. The zero-order valence-corrected chi connectivity index (χ0v) is 15.0. The molecule has 4 nitrogen and oxygen atoms in total. The predicted octanol–water partition coefficient (Wildman–Crippen LogP) is 3.78. The molecule has 0 radical (unpaired) electrons. The number of benzene rings is 1. The minimum absolute atomic E-state index is 0.0356. The molecule has 120 valence electrons. The number of hydrogen-bond donors (Lipinski definition) is 1. The Morgan fingerprint density at radius 1 is 1.50 bits per heavy atom. The monoisotopic (exact) mass is 358 g/mol. The smallest absolute Gasteiger partial charge is 0.242 e. The topological polar surface area (TPSA) is 50.7 Å². The Morgan fingerprint density at radius 2 is 2.23 bits per heavy atom. The highest BCUT2D eigenvalue weighted by molar-refractivity contribution is 8.21. The van der Waals surface area contributed by atoms with Gasteiger partial charge in [-0.2, -0.15) is 5.10 Å². The van der Waals surface area contributed by atoms with Crippen LogP contribution in [0.15, 0.2) is 23.3 Å². The van der Waals surface area contributed by atoms with Gasteiger partial charge in [0, 0.05) is 22.1 Å². The molecule has 0 unspecified atom stereocenters. The van der Waals surface area contributed by atoms with Crippen LogP contribution in [-0.2, 0) is 4.79 Å². The number of hydrazone groups is 1. The van der Waals surface area contributed by atoms with Crippen molar-refractivity contribution in [2.75, 3.05) is 18.1 Å². The SMILES string of the molecule is CCOc1ccc(Cl)cc1C=NNC(=O)CC1(C)SCCS1. The van der Waals surface area contributed by atoms with E-state index in [4.69, 9.17) is 16.3 Å². The van der Waals surface area contributed by atoms with E-state index in [1.165, 1.54) is 0 Å². The van der Waals surface area contributed by atoms with Gasteiger partial charge >= 0.3 is 0 Å². The molecule has 0 bridgehead atoms. The first-order chi connectivity index (χ1) is 10.5. The molecular formula is C15H19ClN2O2S2. The van der Waals surface area contributed by atoms with E-state index in [1.807, 2.05) is 30.4 Å². The molecule has 1 amide bonds. The molecule has 1 aliphatic heterocycles. The summed E-state index contributed by atoms with van der Waals surface area (Å²) in [6, 6.07) is 5.31. The summed E-state index contributed by atoms with van der Waals surface area (Å²) >= 11 is 9.63. The van der Waals surface area contributed by atoms with Crippen molar-refractivity contribution in [3.05, 3.63) is 28.8 Å². The maximum atomic E-state index is 12.0. The molecule has 2 rings (SSSR count). The lowest BCUT2D eigenvalue weighted by atomic mass is 10.2. The molecule has 1 saturated heterocycles. The third-order valence-corrected chi connectivity index (χ3v) is 6.57. The van der Waals surface area contributed by atoms with Gasteiger partial charge in [0.25, 0.3) is 0 Å². The van der Waals surface area contributed by atoms with E-state index in [0.29, 0.717) is 23.8 Å². The van der Waals surface area contributed by atoms with Crippen LogP contribution in [0.4, 0.5) is 0 Å². The first-order valence-corrected chi connectivity index (χ1v) is 9.39. The highest BCUT2D eigenvalue weighted by Crippen LogP contribution is 2.45. The van der Waals surface area contributed by atoms with Crippen molar-refractivity contribution in [2.45, 2.75) is 24.3 Å². The predicted molar refractivity (Wildman–Crippen MR) is 96.3 cm³/mol. The van der Waals surface area contributed by atoms with Crippen molar-refractivity contribution in [3.63, 3.8) is 0 Å². The Balaban J connectivity index is 1.94. The fourth-order valence-electron chi connectivity index (χ4n) is 2.07. The van der Waals surface area contributed by atoms with E-state index in [2.05, 4.69) is 17.5 Å². The van der Waals surface area contributed by atoms with Gasteiger partial charge in [-0.3, -0.25) is 4.79 Å². The molecule has 1 fully saturated rings. The minimum Gasteiger partial charge on any atom is -0.493 e. The molecule has 1 aromatic carbocycles. The van der Waals surface area contributed by atoms with Gasteiger partial charge in [-0.05, 0) is 32.0 Å². The van der Waals surface area contributed by atoms with Gasteiger partial charge in [0.2, 0.25) is 5.91 Å². The van der Waals surface area contributed by atoms with E-state index in [-0.39, 0.29) is 9.99 Å². The standard InChI is InChI=1S/C15H19ClN2O2S2/c1-3-20-13-5-4-12(16)8-11(13)10-17-18-14(19)9-15(2)21-6-7-22-15/h4-5,8,10H,3,6-7,9H2,1-2H3,(H,18,19). The van der Waals surface area contributed by atoms with E-state index in [0.717, 1.165) is 17.1 Å². The van der Waals surface area contributed by atoms with Gasteiger partial charge in [0.05, 0.1) is 23.3 Å². The summed E-state index contributed by atoms with van der Waals surface area (Å²) in [5.74, 6) is 2.80. The molecule has 1 aliphatic rings. The zero-order valence-electron chi connectivity index (χ0n) is 12.6. The Kier molecular flexibility index (Phi) is 6.47. The van der Waals surface area contributed by atoms with Crippen LogP contribution in [0, 0.1) is 0 Å². The number of ether oxygens (including phenoxy) is 1. The molecule has 0 aromatic heterocycles. The molecule has 1 aromatic rings. The molecule has 7 heteroatoms. The van der Waals surface area contributed by atoms with E-state index >= 15 is 0 Å². The normalized spacial score (nSPS) is 16.9. The van der Waals surface area contributed by atoms with Crippen LogP contribution in [0.3, 0.4) is 0 Å². The summed E-state index contributed by atoms with van der Waals surface area (Å²) in [6.07, 6.45) is 2.01. The first kappa shape index (κ1) is 17.5. The number of halogens is 1. The van der Waals surface area contributed by atoms with Crippen molar-refractivity contribution in [1.82, 2.24) is 5.43 Å². The maximum absolute atomic E-state index is 12.0. The third kappa shape index (κ3) is 5.11. The van der Waals surface area contributed by atoms with Crippen molar-refractivity contribution in [3.8, 4) is 5.75 Å². The minimum atomic E-state index is -0.0827. The van der Waals surface area contributed by atoms with Gasteiger partial charge in [-0.15, -0.1) is 23.5 Å². The van der Waals surface area contributed by atoms with Crippen LogP contribution >= 0.6 is 35.1 Å². The Labute approximate surface area is 144 Å². The second kappa shape index (κ2) is 8.13. The van der Waals surface area contributed by atoms with Gasteiger partial charge in [-0.1, -0.05) is 11.6 Å². The molecule has 1 N–H and O–H groups in total. The fourth-order valence-corrected chi connectivity index (χ4v) is 5.08. The number of carbonyl (C=O) groups excluding carboxylic acids is 1. The summed E-state index contributed by atoms with van der Waals surface area (Å²) in [7, 11) is 0. The number of nitrogens with one attached hydrogen (secondary N) is 1. The van der Waals surface area contributed by atoms with E-state index < -0.39 is 0 Å². The van der Waals surface area contributed by atoms with Crippen LogP contribution in [0.1, 0.15) is 25.8 Å². The average Bonchev–Trinajstić information content (AvgIpc) is 2.88. The highest BCUT2D eigenvalue weighted by atomic mass is 35.5. The van der Waals surface area contributed by atoms with Gasteiger partial charge in [-0.25, -0.2) is 5.43 Å². The number of thioether (sulfide) groups is 2. The average molecular weight is 359 g/mol. The Morgan fingerprint density at radius 3 is 2.91 bits per heavy atom. The van der Waals surface area contributed by atoms with Crippen LogP contribution in [0.5, 0.6) is 5.75 Å². The quantitative estimate of drug-likeness (QED) is 0.621. The Bertz CT molecular complexity index is 560. The molecule has 1 heterocycles. The van der Waals surface area contributed by atoms with Crippen LogP contribution < -0.4 is 10.2 Å². The van der Waals surface area contributed by atoms with Crippen molar-refractivity contribution in [1.29, 1.82) is 0 Å². The van der Waals surface area contributed by atoms with Crippen LogP contribution in [0.25, 0.3) is 0 Å². The zero-order chi connectivity index (χ0) is 16.0. The summed E-state index contributed by atoms with van der Waals surface area (Å²) in [6.45, 7) is 4.57.